The number of hydrazine groups is 1. The average Bonchev–Trinajstić information content (AvgIpc) is 3.06. The van der Waals surface area contributed by atoms with Crippen molar-refractivity contribution in [3.8, 4) is 17.2 Å². The molecule has 1 aliphatic heterocycles. The monoisotopic (exact) mass is 312 g/mol. The maximum atomic E-state index is 10.1. The summed E-state index contributed by atoms with van der Waals surface area (Å²) in [6.07, 6.45) is 2.04. The molecule has 1 atom stereocenters. The zero-order chi connectivity index (χ0) is 16.4. The van der Waals surface area contributed by atoms with Crippen LogP contribution >= 0.6 is 0 Å². The number of hydrogen-bond acceptors (Lipinski definition) is 5. The largest absolute Gasteiger partial charge is 0.507 e. The number of phenols is 1. The first kappa shape index (κ1) is 15.2. The molecule has 0 unspecified atom stereocenters. The first-order chi connectivity index (χ1) is 11.1. The summed E-state index contributed by atoms with van der Waals surface area (Å²) in [4.78, 5) is 0. The number of aromatic hydroxyl groups is 1. The third kappa shape index (κ3) is 2.96. The Balaban J connectivity index is 1.92. The summed E-state index contributed by atoms with van der Waals surface area (Å²) in [5, 5.41) is 10.1. The van der Waals surface area contributed by atoms with Crippen molar-refractivity contribution in [1.82, 2.24) is 10.9 Å². The van der Waals surface area contributed by atoms with Crippen LogP contribution in [0.15, 0.2) is 42.5 Å². The number of methoxy groups -OCH3 is 2. The van der Waals surface area contributed by atoms with Gasteiger partial charge in [0, 0.05) is 5.56 Å². The van der Waals surface area contributed by atoms with E-state index in [4.69, 9.17) is 9.47 Å². The van der Waals surface area contributed by atoms with Gasteiger partial charge in [-0.2, -0.15) is 0 Å². The Morgan fingerprint density at radius 3 is 2.52 bits per heavy atom. The van der Waals surface area contributed by atoms with Crippen LogP contribution in [0.1, 0.15) is 22.7 Å². The second-order valence-electron chi connectivity index (χ2n) is 5.46. The van der Waals surface area contributed by atoms with E-state index >= 15 is 0 Å². The van der Waals surface area contributed by atoms with Gasteiger partial charge < -0.3 is 20.0 Å². The van der Waals surface area contributed by atoms with Crippen LogP contribution in [0.25, 0.3) is 5.70 Å². The van der Waals surface area contributed by atoms with Crippen LogP contribution in [-0.4, -0.2) is 19.3 Å². The Morgan fingerprint density at radius 1 is 1.00 bits per heavy atom. The highest BCUT2D eigenvalue weighted by atomic mass is 16.5. The van der Waals surface area contributed by atoms with Gasteiger partial charge in [0.1, 0.15) is 5.75 Å². The third-order valence-corrected chi connectivity index (χ3v) is 3.90. The number of benzene rings is 2. The van der Waals surface area contributed by atoms with Crippen molar-refractivity contribution in [3.05, 3.63) is 59.2 Å². The van der Waals surface area contributed by atoms with Crippen LogP contribution in [0.4, 0.5) is 0 Å². The molecule has 120 valence electrons. The SMILES string of the molecule is COc1ccc([C@H]2C=C(c3cc(C)ccc3O)NN2)cc1OC. The first-order valence-electron chi connectivity index (χ1n) is 7.37. The highest BCUT2D eigenvalue weighted by Gasteiger charge is 2.20. The Morgan fingerprint density at radius 2 is 1.78 bits per heavy atom. The molecule has 3 N–H and O–H groups in total. The summed E-state index contributed by atoms with van der Waals surface area (Å²) in [5.41, 5.74) is 10.1. The minimum atomic E-state index is -0.0234. The van der Waals surface area contributed by atoms with Crippen molar-refractivity contribution in [2.45, 2.75) is 13.0 Å². The van der Waals surface area contributed by atoms with Crippen molar-refractivity contribution in [2.75, 3.05) is 14.2 Å². The second-order valence-corrected chi connectivity index (χ2v) is 5.46. The van der Waals surface area contributed by atoms with E-state index in [2.05, 4.69) is 10.9 Å². The molecule has 0 fully saturated rings. The van der Waals surface area contributed by atoms with Crippen LogP contribution in [0.2, 0.25) is 0 Å². The average molecular weight is 312 g/mol. The van der Waals surface area contributed by atoms with Gasteiger partial charge in [0.2, 0.25) is 0 Å². The quantitative estimate of drug-likeness (QED) is 0.810. The van der Waals surface area contributed by atoms with Crippen LogP contribution < -0.4 is 20.3 Å². The van der Waals surface area contributed by atoms with Crippen LogP contribution in [-0.2, 0) is 0 Å². The van der Waals surface area contributed by atoms with Crippen LogP contribution in [0.5, 0.6) is 17.2 Å². The van der Waals surface area contributed by atoms with Gasteiger partial charge in [-0.05, 0) is 42.8 Å². The predicted octanol–water partition coefficient (Wildman–Crippen LogP) is 2.91. The van der Waals surface area contributed by atoms with E-state index in [9.17, 15) is 5.11 Å². The predicted molar refractivity (Wildman–Crippen MR) is 89.4 cm³/mol. The van der Waals surface area contributed by atoms with Crippen LogP contribution in [0.3, 0.4) is 0 Å². The highest BCUT2D eigenvalue weighted by Crippen LogP contribution is 2.34. The zero-order valence-corrected chi connectivity index (χ0v) is 13.4. The lowest BCUT2D eigenvalue weighted by atomic mass is 10.0. The van der Waals surface area contributed by atoms with E-state index < -0.39 is 0 Å². The third-order valence-electron chi connectivity index (χ3n) is 3.90. The van der Waals surface area contributed by atoms with Gasteiger partial charge in [-0.1, -0.05) is 17.7 Å². The molecule has 1 aliphatic rings. The summed E-state index contributed by atoms with van der Waals surface area (Å²) in [6, 6.07) is 11.3. The standard InChI is InChI=1S/C18H20N2O3/c1-11-4-6-16(21)13(8-11)15-10-14(19-20-15)12-5-7-17(22-2)18(9-12)23-3/h4-10,14,19-21H,1-3H3/t14-/m1/s1. The molecule has 23 heavy (non-hydrogen) atoms. The smallest absolute Gasteiger partial charge is 0.161 e. The molecule has 0 amide bonds. The van der Waals surface area contributed by atoms with Gasteiger partial charge in [-0.15, -0.1) is 0 Å². The molecule has 0 saturated carbocycles. The maximum absolute atomic E-state index is 10.1. The number of rotatable bonds is 4. The van der Waals surface area contributed by atoms with Crippen molar-refractivity contribution in [2.24, 2.45) is 0 Å². The molecule has 3 rings (SSSR count). The van der Waals surface area contributed by atoms with Gasteiger partial charge in [-0.3, -0.25) is 0 Å². The van der Waals surface area contributed by atoms with Gasteiger partial charge in [-0.25, -0.2) is 5.43 Å². The fourth-order valence-corrected chi connectivity index (χ4v) is 2.65. The van der Waals surface area contributed by atoms with Crippen LogP contribution in [0, 0.1) is 6.92 Å². The number of ether oxygens (including phenoxy) is 2. The van der Waals surface area contributed by atoms with Gasteiger partial charge in [0.15, 0.2) is 11.5 Å². The zero-order valence-electron chi connectivity index (χ0n) is 13.4. The van der Waals surface area contributed by atoms with Gasteiger partial charge in [0.05, 0.1) is 26.0 Å². The molecule has 2 aromatic rings. The lowest BCUT2D eigenvalue weighted by molar-refractivity contribution is 0.354. The molecule has 0 radical (unpaired) electrons. The molecular weight excluding hydrogens is 292 g/mol. The topological polar surface area (TPSA) is 62.8 Å². The Labute approximate surface area is 135 Å². The molecule has 0 saturated heterocycles. The van der Waals surface area contributed by atoms with E-state index in [0.29, 0.717) is 11.5 Å². The normalized spacial score (nSPS) is 16.7. The number of hydrogen-bond donors (Lipinski definition) is 3. The van der Waals surface area contributed by atoms with Crippen molar-refractivity contribution >= 4 is 5.70 Å². The molecule has 0 bridgehead atoms. The number of aryl methyl sites for hydroxylation is 1. The highest BCUT2D eigenvalue weighted by molar-refractivity contribution is 5.71. The summed E-state index contributed by atoms with van der Waals surface area (Å²) < 4.78 is 10.6. The van der Waals surface area contributed by atoms with Crippen molar-refractivity contribution < 1.29 is 14.6 Å². The molecular formula is C18H20N2O3. The minimum absolute atomic E-state index is 0.0234. The number of nitrogens with one attached hydrogen (secondary N) is 2. The Kier molecular flexibility index (Phi) is 4.12. The van der Waals surface area contributed by atoms with E-state index in [1.165, 1.54) is 0 Å². The number of phenolic OH excluding ortho intramolecular Hbond substituents is 1. The molecule has 0 aromatic heterocycles. The van der Waals surface area contributed by atoms with E-state index in [1.807, 2.05) is 43.3 Å². The van der Waals surface area contributed by atoms with E-state index in [0.717, 1.165) is 22.4 Å². The summed E-state index contributed by atoms with van der Waals surface area (Å²) in [5.74, 6) is 1.64. The molecule has 5 nitrogen and oxygen atoms in total. The first-order valence-corrected chi connectivity index (χ1v) is 7.37. The Bertz CT molecular complexity index is 756. The van der Waals surface area contributed by atoms with Gasteiger partial charge >= 0.3 is 0 Å². The van der Waals surface area contributed by atoms with Crippen molar-refractivity contribution in [3.63, 3.8) is 0 Å². The maximum Gasteiger partial charge on any atom is 0.161 e. The Hall–Kier alpha value is -2.66. The fraction of sp³-hybridized carbons (Fsp3) is 0.222. The molecule has 2 aromatic carbocycles. The van der Waals surface area contributed by atoms with Gasteiger partial charge in [0.25, 0.3) is 0 Å². The molecule has 1 heterocycles. The lowest BCUT2D eigenvalue weighted by Crippen LogP contribution is -2.26. The van der Waals surface area contributed by atoms with E-state index in [-0.39, 0.29) is 11.8 Å². The summed E-state index contributed by atoms with van der Waals surface area (Å²) >= 11 is 0. The minimum Gasteiger partial charge on any atom is -0.507 e. The molecule has 5 heteroatoms. The van der Waals surface area contributed by atoms with E-state index in [1.54, 1.807) is 20.3 Å². The summed E-state index contributed by atoms with van der Waals surface area (Å²) in [7, 11) is 3.24. The summed E-state index contributed by atoms with van der Waals surface area (Å²) in [6.45, 7) is 2.00. The second kappa shape index (κ2) is 6.22. The molecule has 0 aliphatic carbocycles. The fourth-order valence-electron chi connectivity index (χ4n) is 2.65. The van der Waals surface area contributed by atoms with Crippen molar-refractivity contribution in [1.29, 1.82) is 0 Å². The molecule has 0 spiro atoms. The lowest BCUT2D eigenvalue weighted by Gasteiger charge is -2.13.